The standard InChI is InChI=1S/C23H14Cl3N7O.C4H10/c24-14-3-6-16(7-4-14)33-21(17-8-5-15(25)10-18(17)26)30-19-20(28-12-29-22(19)33)31-32-23(34)13-2-1-9-27-11-13;1-3-4-2/h1-12H,(H,32,34)(H,28,29,31);3-4H2,1-2H3. The average molecular weight is 569 g/mol. The number of benzene rings is 2. The molecule has 0 radical (unpaired) electrons. The third-order valence-electron chi connectivity index (χ3n) is 5.42. The van der Waals surface area contributed by atoms with Crippen molar-refractivity contribution in [2.24, 2.45) is 0 Å². The van der Waals surface area contributed by atoms with Crippen molar-refractivity contribution in [2.45, 2.75) is 26.7 Å². The van der Waals surface area contributed by atoms with E-state index in [9.17, 15) is 4.79 Å². The number of pyridine rings is 1. The molecule has 5 aromatic rings. The molecule has 0 atom stereocenters. The number of nitrogens with zero attached hydrogens (tertiary/aromatic N) is 5. The topological polar surface area (TPSA) is 97.6 Å². The number of amides is 1. The van der Waals surface area contributed by atoms with Gasteiger partial charge in [-0.3, -0.25) is 25.2 Å². The zero-order chi connectivity index (χ0) is 27.1. The van der Waals surface area contributed by atoms with Crippen LogP contribution in [0.4, 0.5) is 5.82 Å². The Morgan fingerprint density at radius 1 is 0.947 bits per heavy atom. The highest BCUT2D eigenvalue weighted by atomic mass is 35.5. The first kappa shape index (κ1) is 27.3. The minimum Gasteiger partial charge on any atom is -0.280 e. The molecule has 2 N–H and O–H groups in total. The lowest BCUT2D eigenvalue weighted by molar-refractivity contribution is 0.0962. The number of halogens is 3. The fourth-order valence-corrected chi connectivity index (χ4v) is 3.97. The summed E-state index contributed by atoms with van der Waals surface area (Å²) in [6.07, 6.45) is 7.07. The van der Waals surface area contributed by atoms with Crippen LogP contribution in [-0.2, 0) is 0 Å². The lowest BCUT2D eigenvalue weighted by atomic mass is 10.2. The highest BCUT2D eigenvalue weighted by Crippen LogP contribution is 2.35. The Morgan fingerprint density at radius 2 is 1.68 bits per heavy atom. The Bertz CT molecular complexity index is 1540. The molecule has 0 aliphatic carbocycles. The van der Waals surface area contributed by atoms with Gasteiger partial charge in [0.25, 0.3) is 5.91 Å². The molecule has 11 heteroatoms. The lowest BCUT2D eigenvalue weighted by Gasteiger charge is -2.10. The first-order valence-electron chi connectivity index (χ1n) is 11.8. The summed E-state index contributed by atoms with van der Waals surface area (Å²) in [7, 11) is 0. The fraction of sp³-hybridized carbons (Fsp3) is 0.148. The van der Waals surface area contributed by atoms with Crippen LogP contribution in [0.2, 0.25) is 15.1 Å². The van der Waals surface area contributed by atoms with E-state index in [1.807, 2.05) is 16.7 Å². The predicted molar refractivity (Wildman–Crippen MR) is 153 cm³/mol. The molecule has 0 aliphatic heterocycles. The number of nitrogens with one attached hydrogen (secondary N) is 2. The van der Waals surface area contributed by atoms with Crippen LogP contribution in [0.1, 0.15) is 37.0 Å². The van der Waals surface area contributed by atoms with Gasteiger partial charge < -0.3 is 0 Å². The van der Waals surface area contributed by atoms with Gasteiger partial charge in [0.1, 0.15) is 12.2 Å². The molecule has 38 heavy (non-hydrogen) atoms. The summed E-state index contributed by atoms with van der Waals surface area (Å²) in [6, 6.07) is 15.7. The fourth-order valence-electron chi connectivity index (χ4n) is 3.36. The van der Waals surface area contributed by atoms with Gasteiger partial charge in [0.15, 0.2) is 17.0 Å². The van der Waals surface area contributed by atoms with Gasteiger partial charge in [0.05, 0.1) is 10.6 Å². The van der Waals surface area contributed by atoms with E-state index < -0.39 is 0 Å². The van der Waals surface area contributed by atoms with Crippen LogP contribution in [0.25, 0.3) is 28.2 Å². The van der Waals surface area contributed by atoms with Crippen LogP contribution in [0.5, 0.6) is 0 Å². The Kier molecular flexibility index (Phi) is 9.12. The van der Waals surface area contributed by atoms with E-state index in [1.165, 1.54) is 25.4 Å². The molecule has 0 aliphatic rings. The van der Waals surface area contributed by atoms with Crippen molar-refractivity contribution in [1.29, 1.82) is 0 Å². The molecule has 2 aromatic carbocycles. The van der Waals surface area contributed by atoms with Crippen LogP contribution in [-0.4, -0.2) is 30.4 Å². The van der Waals surface area contributed by atoms with Crippen LogP contribution in [0.15, 0.2) is 73.3 Å². The molecule has 194 valence electrons. The maximum absolute atomic E-state index is 12.5. The molecule has 0 saturated carbocycles. The molecule has 8 nitrogen and oxygen atoms in total. The largest absolute Gasteiger partial charge is 0.280 e. The molecule has 0 saturated heterocycles. The summed E-state index contributed by atoms with van der Waals surface area (Å²) in [5.74, 6) is 0.445. The molecular weight excluding hydrogens is 545 g/mol. The SMILES string of the molecule is CCCC.O=C(NNc1ncnc2c1nc(-c1ccc(Cl)cc1Cl)n2-c1ccc(Cl)cc1)c1cccnc1. The van der Waals surface area contributed by atoms with E-state index in [2.05, 4.69) is 39.7 Å². The van der Waals surface area contributed by atoms with Gasteiger partial charge in [-0.05, 0) is 54.6 Å². The summed E-state index contributed by atoms with van der Waals surface area (Å²) in [6.45, 7) is 4.36. The van der Waals surface area contributed by atoms with Crippen molar-refractivity contribution < 1.29 is 4.79 Å². The van der Waals surface area contributed by atoms with Crippen molar-refractivity contribution in [2.75, 3.05) is 5.43 Å². The van der Waals surface area contributed by atoms with E-state index in [0.717, 1.165) is 5.69 Å². The summed E-state index contributed by atoms with van der Waals surface area (Å²) in [4.78, 5) is 29.9. The molecule has 0 spiro atoms. The first-order valence-corrected chi connectivity index (χ1v) is 13.0. The first-order chi connectivity index (χ1) is 18.4. The maximum Gasteiger partial charge on any atom is 0.271 e. The normalized spacial score (nSPS) is 10.6. The predicted octanol–water partition coefficient (Wildman–Crippen LogP) is 7.40. The summed E-state index contributed by atoms with van der Waals surface area (Å²) >= 11 is 18.7. The minimum absolute atomic E-state index is 0.307. The van der Waals surface area contributed by atoms with Gasteiger partial charge >= 0.3 is 0 Å². The smallest absolute Gasteiger partial charge is 0.271 e. The molecule has 3 aromatic heterocycles. The van der Waals surface area contributed by atoms with E-state index in [0.29, 0.717) is 49.0 Å². The number of aromatic nitrogens is 5. The Hall–Kier alpha value is -3.72. The van der Waals surface area contributed by atoms with Crippen LogP contribution in [0, 0.1) is 0 Å². The summed E-state index contributed by atoms with van der Waals surface area (Å²) < 4.78 is 1.83. The second kappa shape index (κ2) is 12.7. The van der Waals surface area contributed by atoms with Gasteiger partial charge in [-0.15, -0.1) is 0 Å². The van der Waals surface area contributed by atoms with Crippen LogP contribution >= 0.6 is 34.8 Å². The average Bonchev–Trinajstić information content (AvgIpc) is 3.32. The van der Waals surface area contributed by atoms with Gasteiger partial charge in [-0.1, -0.05) is 61.5 Å². The van der Waals surface area contributed by atoms with Crippen LogP contribution < -0.4 is 10.9 Å². The summed E-state index contributed by atoms with van der Waals surface area (Å²) in [5, 5.41) is 1.52. The second-order valence-electron chi connectivity index (χ2n) is 8.09. The Balaban J connectivity index is 0.000000786. The zero-order valence-electron chi connectivity index (χ0n) is 20.6. The van der Waals surface area contributed by atoms with Crippen molar-refractivity contribution >= 4 is 57.7 Å². The van der Waals surface area contributed by atoms with E-state index in [1.54, 1.807) is 48.7 Å². The highest BCUT2D eigenvalue weighted by Gasteiger charge is 2.21. The Morgan fingerprint density at radius 3 is 2.34 bits per heavy atom. The van der Waals surface area contributed by atoms with Gasteiger partial charge in [0, 0.05) is 33.7 Å². The third-order valence-corrected chi connectivity index (χ3v) is 6.22. The number of carbonyl (C=O) groups is 1. The van der Waals surface area contributed by atoms with E-state index in [4.69, 9.17) is 39.8 Å². The maximum atomic E-state index is 12.5. The van der Waals surface area contributed by atoms with E-state index >= 15 is 0 Å². The van der Waals surface area contributed by atoms with E-state index in [-0.39, 0.29) is 5.91 Å². The van der Waals surface area contributed by atoms with Crippen LogP contribution in [0.3, 0.4) is 0 Å². The minimum atomic E-state index is -0.377. The summed E-state index contributed by atoms with van der Waals surface area (Å²) in [5.41, 5.74) is 8.16. The number of carbonyl (C=O) groups excluding carboxylic acids is 1. The molecule has 0 fully saturated rings. The number of rotatable bonds is 6. The van der Waals surface area contributed by atoms with Crippen molar-refractivity contribution in [3.63, 3.8) is 0 Å². The second-order valence-corrected chi connectivity index (χ2v) is 9.37. The number of anilines is 1. The molecule has 5 rings (SSSR count). The molecule has 0 bridgehead atoms. The molecule has 0 unspecified atom stereocenters. The highest BCUT2D eigenvalue weighted by molar-refractivity contribution is 6.36. The quantitative estimate of drug-likeness (QED) is 0.207. The number of fused-ring (bicyclic) bond motifs is 1. The van der Waals surface area contributed by atoms with Crippen molar-refractivity contribution in [3.05, 3.63) is 93.9 Å². The third kappa shape index (κ3) is 6.22. The zero-order valence-corrected chi connectivity index (χ0v) is 22.9. The van der Waals surface area contributed by atoms with Crippen molar-refractivity contribution in [1.82, 2.24) is 29.9 Å². The van der Waals surface area contributed by atoms with Gasteiger partial charge in [-0.2, -0.15) is 0 Å². The number of unbranched alkanes of at least 4 members (excludes halogenated alkanes) is 1. The number of hydrazine groups is 1. The molecule has 1 amide bonds. The number of imidazole rings is 1. The lowest BCUT2D eigenvalue weighted by Crippen LogP contribution is -2.30. The van der Waals surface area contributed by atoms with Gasteiger partial charge in [0.2, 0.25) is 0 Å². The number of hydrogen-bond donors (Lipinski definition) is 2. The number of hydrogen-bond acceptors (Lipinski definition) is 6. The van der Waals surface area contributed by atoms with Crippen molar-refractivity contribution in [3.8, 4) is 17.1 Å². The molecular formula is C27H24Cl3N7O. The Labute approximate surface area is 235 Å². The van der Waals surface area contributed by atoms with Gasteiger partial charge in [-0.25, -0.2) is 15.0 Å². The molecule has 3 heterocycles. The monoisotopic (exact) mass is 567 g/mol.